The van der Waals surface area contributed by atoms with Gasteiger partial charge >= 0.3 is 0 Å². The molecule has 2 aromatic heterocycles. The van der Waals surface area contributed by atoms with Crippen LogP contribution in [0, 0.1) is 0 Å². The molecule has 4 rings (SSSR count). The lowest BCUT2D eigenvalue weighted by atomic mass is 9.98. The van der Waals surface area contributed by atoms with E-state index in [1.807, 2.05) is 36.4 Å². The van der Waals surface area contributed by atoms with Crippen molar-refractivity contribution in [2.45, 2.75) is 13.1 Å². The van der Waals surface area contributed by atoms with Crippen molar-refractivity contribution in [1.82, 2.24) is 30.6 Å². The fourth-order valence-corrected chi connectivity index (χ4v) is 5.26. The highest BCUT2D eigenvalue weighted by molar-refractivity contribution is 6.39. The first-order chi connectivity index (χ1) is 23.3. The molecule has 14 heteroatoms. The van der Waals surface area contributed by atoms with Crippen molar-refractivity contribution in [3.8, 4) is 45.4 Å². The van der Waals surface area contributed by atoms with E-state index in [4.69, 9.17) is 54.1 Å². The smallest absolute Gasteiger partial charge is 0.237 e. The molecule has 2 aromatic carbocycles. The van der Waals surface area contributed by atoms with E-state index in [2.05, 4.69) is 30.6 Å². The van der Waals surface area contributed by atoms with E-state index in [-0.39, 0.29) is 0 Å². The Balaban J connectivity index is 1.59. The molecule has 250 valence electrons. The number of ether oxygens (including phenoxy) is 2. The zero-order chi connectivity index (χ0) is 34.5. The number of allylic oxidation sites excluding steroid dienone is 2. The Bertz CT molecular complexity index is 1710. The molecule has 0 fully saturated rings. The summed E-state index contributed by atoms with van der Waals surface area (Å²) in [6.07, 6.45) is 10.1. The Hall–Kier alpha value is -4.88. The van der Waals surface area contributed by atoms with Gasteiger partial charge in [-0.25, -0.2) is 9.97 Å². The molecule has 0 bridgehead atoms. The summed E-state index contributed by atoms with van der Waals surface area (Å²) in [5, 5.41) is 7.38. The van der Waals surface area contributed by atoms with Gasteiger partial charge in [-0.2, -0.15) is 0 Å². The van der Waals surface area contributed by atoms with Crippen molar-refractivity contribution < 1.29 is 9.47 Å². The average molecular weight is 690 g/mol. The number of nitrogens with two attached hydrogens (primary N) is 2. The van der Waals surface area contributed by atoms with Crippen LogP contribution in [0.15, 0.2) is 82.3 Å². The molecule has 48 heavy (non-hydrogen) atoms. The number of halogens is 2. The molecule has 0 aliphatic heterocycles. The lowest BCUT2D eigenvalue weighted by molar-refractivity contribution is 0.388. The highest BCUT2D eigenvalue weighted by atomic mass is 35.5. The van der Waals surface area contributed by atoms with Crippen LogP contribution in [-0.2, 0) is 13.1 Å². The second-order valence-corrected chi connectivity index (χ2v) is 11.0. The van der Waals surface area contributed by atoms with E-state index in [0.29, 0.717) is 104 Å². The Morgan fingerprint density at radius 2 is 1.10 bits per heavy atom. The summed E-state index contributed by atoms with van der Waals surface area (Å²) in [6, 6.07) is 11.3. The number of aromatic nitrogens is 4. The fraction of sp³-hybridized carbons (Fsp3) is 0.235. The third-order valence-electron chi connectivity index (χ3n) is 6.97. The van der Waals surface area contributed by atoms with Crippen LogP contribution in [-0.4, -0.2) is 73.8 Å². The van der Waals surface area contributed by atoms with Gasteiger partial charge in [-0.15, -0.1) is 0 Å². The molecule has 6 N–H and O–H groups in total. The van der Waals surface area contributed by atoms with Crippen LogP contribution in [0.1, 0.15) is 11.4 Å². The van der Waals surface area contributed by atoms with Gasteiger partial charge in [0.05, 0.1) is 48.0 Å². The van der Waals surface area contributed by atoms with Crippen molar-refractivity contribution in [1.29, 1.82) is 0 Å². The molecule has 0 aliphatic rings. The molecule has 0 aliphatic carbocycles. The lowest BCUT2D eigenvalue weighted by Gasteiger charge is -2.15. The van der Waals surface area contributed by atoms with Crippen LogP contribution in [0.5, 0.6) is 11.8 Å². The van der Waals surface area contributed by atoms with Crippen LogP contribution >= 0.6 is 23.2 Å². The maximum absolute atomic E-state index is 7.03. The molecule has 2 heterocycles. The SMILES string of the molecule is CN=CC=C(N)CNCc1ncc(-c2cccc(-c3cccc(-c4cnc(CNCC(N)=CC=NC)c(OC)n4)c3Cl)c2Cl)nc1OC. The Morgan fingerprint density at radius 1 is 0.708 bits per heavy atom. The molecule has 0 unspecified atom stereocenters. The Labute approximate surface area is 290 Å². The molecule has 0 amide bonds. The van der Waals surface area contributed by atoms with E-state index in [0.717, 1.165) is 0 Å². The first kappa shape index (κ1) is 36.0. The number of aliphatic imine (C=N–C) groups is 2. The van der Waals surface area contributed by atoms with Crippen molar-refractivity contribution in [2.24, 2.45) is 21.5 Å². The average Bonchev–Trinajstić information content (AvgIpc) is 3.10. The lowest BCUT2D eigenvalue weighted by Crippen LogP contribution is -2.21. The summed E-state index contributed by atoms with van der Waals surface area (Å²) in [7, 11) is 6.46. The quantitative estimate of drug-likeness (QED) is 0.127. The highest BCUT2D eigenvalue weighted by Crippen LogP contribution is 2.42. The first-order valence-corrected chi connectivity index (χ1v) is 15.6. The van der Waals surface area contributed by atoms with Gasteiger partial charge in [0, 0.05) is 86.4 Å². The fourth-order valence-electron chi connectivity index (χ4n) is 4.61. The van der Waals surface area contributed by atoms with Crippen molar-refractivity contribution in [3.05, 3.63) is 93.8 Å². The maximum atomic E-state index is 7.03. The number of hydrogen-bond donors (Lipinski definition) is 4. The highest BCUT2D eigenvalue weighted by Gasteiger charge is 2.19. The van der Waals surface area contributed by atoms with E-state index < -0.39 is 0 Å². The Morgan fingerprint density at radius 3 is 1.48 bits per heavy atom. The van der Waals surface area contributed by atoms with E-state index in [1.54, 1.807) is 65.3 Å². The molecule has 0 saturated carbocycles. The maximum Gasteiger partial charge on any atom is 0.237 e. The molecule has 0 saturated heterocycles. The van der Waals surface area contributed by atoms with E-state index in [9.17, 15) is 0 Å². The van der Waals surface area contributed by atoms with Gasteiger partial charge in [0.25, 0.3) is 0 Å². The van der Waals surface area contributed by atoms with Crippen LogP contribution in [0.3, 0.4) is 0 Å². The second-order valence-electron chi connectivity index (χ2n) is 10.3. The monoisotopic (exact) mass is 688 g/mol. The standard InChI is InChI=1S/C34H38Cl2N10O2/c1-39-13-11-21(37)15-41-17-29-33(47-3)45-27(19-43-29)25-9-5-7-23(31(25)35)24-8-6-10-26(32(24)36)28-20-44-30(34(46-28)48-4)18-42-16-22(38)12-14-40-2/h5-14,19-20,41-42H,15-18,37-38H2,1-4H3. The van der Waals surface area contributed by atoms with Gasteiger partial charge in [0.1, 0.15) is 11.4 Å². The minimum atomic E-state index is 0.371. The molecule has 4 aromatic rings. The van der Waals surface area contributed by atoms with Crippen molar-refractivity contribution in [3.63, 3.8) is 0 Å². The summed E-state index contributed by atoms with van der Waals surface area (Å²) >= 11 is 14.1. The van der Waals surface area contributed by atoms with E-state index in [1.165, 1.54) is 0 Å². The van der Waals surface area contributed by atoms with Crippen LogP contribution in [0.4, 0.5) is 0 Å². The summed E-state index contributed by atoms with van der Waals surface area (Å²) < 4.78 is 11.1. The molecule has 12 nitrogen and oxygen atoms in total. The number of methoxy groups -OCH3 is 2. The van der Waals surface area contributed by atoms with Gasteiger partial charge < -0.3 is 31.6 Å². The Kier molecular flexibility index (Phi) is 13.4. The molecular weight excluding hydrogens is 651 g/mol. The molecule has 0 radical (unpaired) electrons. The minimum Gasteiger partial charge on any atom is -0.480 e. The zero-order valence-electron chi connectivity index (χ0n) is 27.2. The van der Waals surface area contributed by atoms with Crippen molar-refractivity contribution in [2.75, 3.05) is 41.4 Å². The topological polar surface area (TPSA) is 171 Å². The number of benzene rings is 2. The molecule has 0 atom stereocenters. The summed E-state index contributed by atoms with van der Waals surface area (Å²) in [6.45, 7) is 1.71. The van der Waals surface area contributed by atoms with Crippen LogP contribution in [0.2, 0.25) is 10.0 Å². The number of hydrogen-bond acceptors (Lipinski definition) is 12. The number of nitrogens with one attached hydrogen (secondary N) is 2. The second kappa shape index (κ2) is 17.9. The van der Waals surface area contributed by atoms with Gasteiger partial charge in [0.2, 0.25) is 11.8 Å². The van der Waals surface area contributed by atoms with Gasteiger partial charge in [-0.05, 0) is 12.2 Å². The van der Waals surface area contributed by atoms with Crippen LogP contribution < -0.4 is 31.6 Å². The van der Waals surface area contributed by atoms with E-state index >= 15 is 0 Å². The minimum absolute atomic E-state index is 0.371. The molecule has 0 spiro atoms. The third kappa shape index (κ3) is 9.14. The predicted octanol–water partition coefficient (Wildman–Crippen LogP) is 4.86. The van der Waals surface area contributed by atoms with Gasteiger partial charge in [-0.3, -0.25) is 20.0 Å². The zero-order valence-corrected chi connectivity index (χ0v) is 28.7. The van der Waals surface area contributed by atoms with Gasteiger partial charge in [-0.1, -0.05) is 59.6 Å². The number of nitrogens with zero attached hydrogens (tertiary/aromatic N) is 6. The first-order valence-electron chi connectivity index (χ1n) is 14.8. The summed E-state index contributed by atoms with van der Waals surface area (Å²) in [5.41, 5.74) is 18.3. The van der Waals surface area contributed by atoms with Gasteiger partial charge in [0.15, 0.2) is 0 Å². The van der Waals surface area contributed by atoms with Crippen molar-refractivity contribution >= 4 is 35.6 Å². The molecular formula is C34H38Cl2N10O2. The predicted molar refractivity (Wildman–Crippen MR) is 194 cm³/mol. The largest absolute Gasteiger partial charge is 0.480 e. The third-order valence-corrected chi connectivity index (χ3v) is 7.78. The normalized spacial score (nSPS) is 12.3. The summed E-state index contributed by atoms with van der Waals surface area (Å²) in [5.74, 6) is 0.743. The summed E-state index contributed by atoms with van der Waals surface area (Å²) in [4.78, 5) is 26.4. The number of rotatable bonds is 15. The van der Waals surface area contributed by atoms with Crippen LogP contribution in [0.25, 0.3) is 33.6 Å².